The van der Waals surface area contributed by atoms with E-state index in [1.165, 1.54) is 6.07 Å². The van der Waals surface area contributed by atoms with Gasteiger partial charge >= 0.3 is 5.97 Å². The lowest BCUT2D eigenvalue weighted by atomic mass is 9.83. The molecular formula is C22H25N3O4. The van der Waals surface area contributed by atoms with Crippen LogP contribution in [0.3, 0.4) is 0 Å². The van der Waals surface area contributed by atoms with Gasteiger partial charge in [-0.15, -0.1) is 0 Å². The van der Waals surface area contributed by atoms with E-state index >= 15 is 0 Å². The molecular weight excluding hydrogens is 370 g/mol. The number of amidine groups is 1. The molecule has 0 atom stereocenters. The van der Waals surface area contributed by atoms with Crippen molar-refractivity contribution in [3.63, 3.8) is 0 Å². The first-order valence-corrected chi connectivity index (χ1v) is 9.49. The van der Waals surface area contributed by atoms with E-state index in [4.69, 9.17) is 5.41 Å². The number of phenols is 1. The van der Waals surface area contributed by atoms with Crippen molar-refractivity contribution in [2.45, 2.75) is 46.1 Å². The summed E-state index contributed by atoms with van der Waals surface area (Å²) in [5.41, 5.74) is 2.14. The number of Topliss-reactive ketones (excluding diaryl/α,β-unsaturated/α-hetero) is 1. The number of carbonyl (C=O) groups is 2. The molecule has 2 aromatic rings. The van der Waals surface area contributed by atoms with Gasteiger partial charge in [0.15, 0.2) is 5.78 Å². The highest BCUT2D eigenvalue weighted by Crippen LogP contribution is 2.35. The average molecular weight is 395 g/mol. The fourth-order valence-corrected chi connectivity index (χ4v) is 3.42. The van der Waals surface area contributed by atoms with Gasteiger partial charge in [-0.05, 0) is 30.0 Å². The Morgan fingerprint density at radius 1 is 1.24 bits per heavy atom. The third-order valence-corrected chi connectivity index (χ3v) is 5.11. The molecule has 1 aliphatic rings. The van der Waals surface area contributed by atoms with Gasteiger partial charge in [0.2, 0.25) is 0 Å². The van der Waals surface area contributed by atoms with Crippen LogP contribution in [0.2, 0.25) is 0 Å². The number of rotatable bonds is 5. The number of hydrogen-bond acceptors (Lipinski definition) is 5. The summed E-state index contributed by atoms with van der Waals surface area (Å²) >= 11 is 0. The van der Waals surface area contributed by atoms with Gasteiger partial charge in [0.1, 0.15) is 22.8 Å². The number of nitrogens with one attached hydrogen (secondary N) is 1. The lowest BCUT2D eigenvalue weighted by Crippen LogP contribution is -2.31. The number of carboxylic acids is 1. The van der Waals surface area contributed by atoms with Crippen LogP contribution in [-0.2, 0) is 18.4 Å². The van der Waals surface area contributed by atoms with Crippen molar-refractivity contribution in [2.75, 3.05) is 6.54 Å². The summed E-state index contributed by atoms with van der Waals surface area (Å²) in [6.07, 6.45) is 0.764. The normalized spacial score (nSPS) is 13.5. The van der Waals surface area contributed by atoms with Crippen LogP contribution >= 0.6 is 0 Å². The number of ketones is 1. The van der Waals surface area contributed by atoms with Crippen LogP contribution < -0.4 is 0 Å². The lowest BCUT2D eigenvalue weighted by molar-refractivity contribution is 0.0693. The molecule has 152 valence electrons. The summed E-state index contributed by atoms with van der Waals surface area (Å²) in [6.45, 7) is 7.85. The second-order valence-corrected chi connectivity index (χ2v) is 8.27. The van der Waals surface area contributed by atoms with Crippen molar-refractivity contribution in [2.24, 2.45) is 0 Å². The number of benzene rings is 1. The van der Waals surface area contributed by atoms with Crippen LogP contribution in [-0.4, -0.2) is 44.2 Å². The number of nitrogens with zero attached hydrogens (tertiary/aromatic N) is 2. The molecule has 2 heterocycles. The van der Waals surface area contributed by atoms with Crippen LogP contribution in [0.5, 0.6) is 5.75 Å². The van der Waals surface area contributed by atoms with E-state index < -0.39 is 11.4 Å². The topological polar surface area (TPSA) is 115 Å². The third kappa shape index (κ3) is 3.85. The zero-order valence-corrected chi connectivity index (χ0v) is 17.0. The third-order valence-electron chi connectivity index (χ3n) is 5.11. The van der Waals surface area contributed by atoms with Crippen LogP contribution in [0.1, 0.15) is 70.9 Å². The quantitative estimate of drug-likeness (QED) is 0.669. The number of carbonyl (C=O) groups excluding carboxylic acids is 1. The molecule has 7 heteroatoms. The van der Waals surface area contributed by atoms with Gasteiger partial charge in [-0.3, -0.25) is 10.2 Å². The van der Waals surface area contributed by atoms with Gasteiger partial charge in [-0.25, -0.2) is 9.78 Å². The summed E-state index contributed by atoms with van der Waals surface area (Å²) in [5, 5.41) is 28.2. The minimum absolute atomic E-state index is 0.0654. The molecule has 0 aliphatic carbocycles. The zero-order valence-electron chi connectivity index (χ0n) is 17.0. The number of aromatic hydroxyl groups is 1. The zero-order chi connectivity index (χ0) is 21.5. The Balaban J connectivity index is 1.91. The molecule has 3 N–H and O–H groups in total. The Morgan fingerprint density at radius 2 is 1.93 bits per heavy atom. The Kier molecular flexibility index (Phi) is 5.17. The number of hydrogen-bond donors (Lipinski definition) is 3. The highest BCUT2D eigenvalue weighted by atomic mass is 16.4. The SMILES string of the molecule is CCc1ccc2c(n1)C(=N)N(CC(=O)c1cc(C(=O)O)c(O)c(C(C)(C)C)c1)C2. The first-order valence-electron chi connectivity index (χ1n) is 9.49. The number of aryl methyl sites for hydroxylation is 1. The summed E-state index contributed by atoms with van der Waals surface area (Å²) < 4.78 is 0. The van der Waals surface area contributed by atoms with Gasteiger partial charge in [0.05, 0.1) is 6.54 Å². The van der Waals surface area contributed by atoms with Crippen molar-refractivity contribution in [3.05, 3.63) is 57.9 Å². The molecule has 1 aromatic carbocycles. The molecule has 3 rings (SSSR count). The largest absolute Gasteiger partial charge is 0.507 e. The Hall–Kier alpha value is -3.22. The van der Waals surface area contributed by atoms with Gasteiger partial charge in [-0.1, -0.05) is 33.8 Å². The Morgan fingerprint density at radius 3 is 2.52 bits per heavy atom. The number of aromatic carboxylic acids is 1. The molecule has 0 spiro atoms. The molecule has 0 saturated heterocycles. The molecule has 0 bridgehead atoms. The predicted octanol–water partition coefficient (Wildman–Crippen LogP) is 3.37. The summed E-state index contributed by atoms with van der Waals surface area (Å²) in [5.74, 6) is -1.73. The molecule has 29 heavy (non-hydrogen) atoms. The Labute approximate surface area is 169 Å². The fourth-order valence-electron chi connectivity index (χ4n) is 3.42. The van der Waals surface area contributed by atoms with E-state index in [-0.39, 0.29) is 35.0 Å². The van der Waals surface area contributed by atoms with Crippen LogP contribution in [0.25, 0.3) is 0 Å². The van der Waals surface area contributed by atoms with Gasteiger partial charge < -0.3 is 15.1 Å². The first kappa shape index (κ1) is 20.5. The van der Waals surface area contributed by atoms with Crippen LogP contribution in [0.15, 0.2) is 24.3 Å². The van der Waals surface area contributed by atoms with Crippen molar-refractivity contribution < 1.29 is 19.8 Å². The molecule has 0 radical (unpaired) electrons. The smallest absolute Gasteiger partial charge is 0.339 e. The molecule has 0 saturated carbocycles. The highest BCUT2D eigenvalue weighted by Gasteiger charge is 2.30. The second kappa shape index (κ2) is 7.31. The van der Waals surface area contributed by atoms with Crippen molar-refractivity contribution >= 4 is 17.6 Å². The maximum Gasteiger partial charge on any atom is 0.339 e. The van der Waals surface area contributed by atoms with Gasteiger partial charge in [0, 0.05) is 28.9 Å². The van der Waals surface area contributed by atoms with E-state index in [1.807, 2.05) is 39.8 Å². The number of fused-ring (bicyclic) bond motifs is 1. The summed E-state index contributed by atoms with van der Waals surface area (Å²) in [6, 6.07) is 6.60. The number of aromatic nitrogens is 1. The average Bonchev–Trinajstić information content (AvgIpc) is 2.95. The predicted molar refractivity (Wildman–Crippen MR) is 109 cm³/mol. The van der Waals surface area contributed by atoms with Crippen LogP contribution in [0.4, 0.5) is 0 Å². The molecule has 1 aromatic heterocycles. The molecule has 0 fully saturated rings. The number of carboxylic acid groups (broad SMARTS) is 1. The fraction of sp³-hybridized carbons (Fsp3) is 0.364. The van der Waals surface area contributed by atoms with E-state index in [0.717, 1.165) is 17.7 Å². The first-order chi connectivity index (χ1) is 13.5. The highest BCUT2D eigenvalue weighted by molar-refractivity contribution is 6.05. The standard InChI is InChI=1S/C22H25N3O4/c1-5-14-7-6-12-10-25(20(23)18(12)24-14)11-17(26)13-8-15(21(28)29)19(27)16(9-13)22(2,3)4/h6-9,23,27H,5,10-11H2,1-4H3,(H,28,29). The summed E-state index contributed by atoms with van der Waals surface area (Å²) in [7, 11) is 0. The van der Waals surface area contributed by atoms with Crippen molar-refractivity contribution in [3.8, 4) is 5.75 Å². The Bertz CT molecular complexity index is 1020. The van der Waals surface area contributed by atoms with E-state index in [9.17, 15) is 19.8 Å². The van der Waals surface area contributed by atoms with Crippen molar-refractivity contribution in [1.82, 2.24) is 9.88 Å². The van der Waals surface area contributed by atoms with Crippen molar-refractivity contribution in [1.29, 1.82) is 5.41 Å². The van der Waals surface area contributed by atoms with Gasteiger partial charge in [-0.2, -0.15) is 0 Å². The second-order valence-electron chi connectivity index (χ2n) is 8.27. The van der Waals surface area contributed by atoms with E-state index in [2.05, 4.69) is 4.98 Å². The molecule has 7 nitrogen and oxygen atoms in total. The minimum atomic E-state index is -1.29. The maximum atomic E-state index is 13.0. The maximum absolute atomic E-state index is 13.0. The minimum Gasteiger partial charge on any atom is -0.507 e. The lowest BCUT2D eigenvalue weighted by Gasteiger charge is -2.23. The molecule has 0 amide bonds. The van der Waals surface area contributed by atoms with Gasteiger partial charge in [0.25, 0.3) is 0 Å². The van der Waals surface area contributed by atoms with Crippen LogP contribution in [0, 0.1) is 5.41 Å². The monoisotopic (exact) mass is 395 g/mol. The molecule has 0 unspecified atom stereocenters. The summed E-state index contributed by atoms with van der Waals surface area (Å²) in [4.78, 5) is 30.6. The molecule has 1 aliphatic heterocycles. The van der Waals surface area contributed by atoms with E-state index in [0.29, 0.717) is 17.8 Å². The number of pyridine rings is 1. The van der Waals surface area contributed by atoms with E-state index in [1.54, 1.807) is 11.0 Å².